The van der Waals surface area contributed by atoms with E-state index in [1.807, 2.05) is 44.2 Å². The summed E-state index contributed by atoms with van der Waals surface area (Å²) in [6.07, 6.45) is 10.2. The average molecular weight is 915 g/mol. The van der Waals surface area contributed by atoms with Crippen LogP contribution >= 0.6 is 0 Å². The minimum atomic E-state index is -2.45. The van der Waals surface area contributed by atoms with E-state index in [4.69, 9.17) is 29.4 Å². The normalized spacial score (nSPS) is 40.4. The Hall–Kier alpha value is -3.41. The second-order valence-electron chi connectivity index (χ2n) is 19.3. The van der Waals surface area contributed by atoms with E-state index in [2.05, 4.69) is 0 Å². The number of Topliss-reactive ketones (excluding diaryl/α,β-unsaturated/α-hetero) is 3. The fourth-order valence-electron chi connectivity index (χ4n) is 9.93. The number of piperidine rings is 1. The van der Waals surface area contributed by atoms with Gasteiger partial charge in [0.15, 0.2) is 5.78 Å². The summed E-state index contributed by atoms with van der Waals surface area (Å²) in [4.78, 5) is 71.2. The molecule has 1 amide bonds. The van der Waals surface area contributed by atoms with Crippen molar-refractivity contribution in [1.29, 1.82) is 0 Å². The van der Waals surface area contributed by atoms with E-state index < -0.39 is 89.6 Å². The van der Waals surface area contributed by atoms with Crippen molar-refractivity contribution in [3.05, 3.63) is 47.6 Å². The predicted molar refractivity (Wildman–Crippen MR) is 244 cm³/mol. The number of aliphatic hydroxyl groups is 3. The molecule has 0 aromatic carbocycles. The van der Waals surface area contributed by atoms with Gasteiger partial charge < -0.3 is 49.6 Å². The predicted octanol–water partition coefficient (Wildman–Crippen LogP) is 4.87. The lowest BCUT2D eigenvalue weighted by Crippen LogP contribution is -2.61. The van der Waals surface area contributed by atoms with Crippen molar-refractivity contribution in [1.82, 2.24) is 4.90 Å². The van der Waals surface area contributed by atoms with Gasteiger partial charge in [-0.15, -0.1) is 0 Å². The van der Waals surface area contributed by atoms with E-state index >= 15 is 0 Å². The zero-order valence-electron chi connectivity index (χ0n) is 40.2. The van der Waals surface area contributed by atoms with E-state index in [0.29, 0.717) is 51.4 Å². The fourth-order valence-corrected chi connectivity index (χ4v) is 9.93. The van der Waals surface area contributed by atoms with Gasteiger partial charge >= 0.3 is 5.97 Å². The van der Waals surface area contributed by atoms with Gasteiger partial charge in [-0.1, -0.05) is 64.2 Å². The Morgan fingerprint density at radius 3 is 2.22 bits per heavy atom. The van der Waals surface area contributed by atoms with Crippen molar-refractivity contribution in [3.8, 4) is 0 Å². The smallest absolute Gasteiger partial charge is 0.329 e. The van der Waals surface area contributed by atoms with Crippen LogP contribution in [0.5, 0.6) is 0 Å². The van der Waals surface area contributed by atoms with Crippen LogP contribution in [0.3, 0.4) is 0 Å². The van der Waals surface area contributed by atoms with Gasteiger partial charge in [0, 0.05) is 64.5 Å². The molecule has 2 bridgehead atoms. The number of hydrogen-bond acceptors (Lipinski definition) is 14. The van der Waals surface area contributed by atoms with E-state index in [0.717, 1.165) is 23.3 Å². The lowest BCUT2D eigenvalue weighted by Gasteiger charge is -2.42. The van der Waals surface area contributed by atoms with Crippen LogP contribution in [0.15, 0.2) is 47.6 Å². The highest BCUT2D eigenvalue weighted by atomic mass is 16.6. The van der Waals surface area contributed by atoms with Crippen LogP contribution in [0.4, 0.5) is 0 Å². The zero-order chi connectivity index (χ0) is 48.2. The highest BCUT2D eigenvalue weighted by Crippen LogP contribution is 2.37. The van der Waals surface area contributed by atoms with Crippen molar-refractivity contribution in [2.75, 3.05) is 27.9 Å². The van der Waals surface area contributed by atoms with E-state index in [-0.39, 0.29) is 54.8 Å². The van der Waals surface area contributed by atoms with Crippen LogP contribution in [0, 0.1) is 29.6 Å². The summed E-state index contributed by atoms with van der Waals surface area (Å²) in [7, 11) is 4.83. The molecule has 0 aromatic rings. The topological polar surface area (TPSA) is 221 Å². The maximum absolute atomic E-state index is 14.3. The van der Waals surface area contributed by atoms with Crippen LogP contribution in [0.25, 0.3) is 0 Å². The van der Waals surface area contributed by atoms with Crippen LogP contribution in [-0.2, 0) is 47.7 Å². The fraction of sp³-hybridized carbons (Fsp3) is 0.740. The van der Waals surface area contributed by atoms with Crippen molar-refractivity contribution >= 4 is 29.2 Å². The SMILES string of the molecule is CO[C@H]1C[C@@H]2CC[C@@H](C)[C@@](O)(O2)C(=O)C(=O)N2CCCC[C@H]2C(=O)O[C@H]([C@H](N)C[C@@H]2CC[C@@H](OC)[C@H](OC)C2)CC(=O)[C@H](C)/C=C(\C)[C@@H](O)[C@@H](O)C(=O)[C@H](C)C[C@H](C)/C=C/C=C/C=C/1C. The molecule has 5 N–H and O–H groups in total. The van der Waals surface area contributed by atoms with Crippen molar-refractivity contribution in [2.24, 2.45) is 35.3 Å². The van der Waals surface area contributed by atoms with Crippen LogP contribution in [0.2, 0.25) is 0 Å². The maximum atomic E-state index is 14.3. The molecule has 1 aliphatic carbocycles. The number of ether oxygens (including phenoxy) is 5. The molecule has 0 spiro atoms. The standard InChI is InChI=1S/C50H78N2O13/c1-29-15-11-10-12-16-30(2)41(62-8)27-36-20-18-34(6)50(60,65-36)47(57)48(58)52-22-14-13-17-38(52)49(59)64-42(37(51)25-35-19-21-40(61-7)43(26-35)63-9)28-39(53)31(3)24-33(5)45(55)46(56)44(54)32(4)23-29/h10-12,15-16,24,29,31-32,34-38,40-43,45-46,55-56,60H,13-14,17-23,25-28,51H2,1-9H3/b12-10+,15-11+,30-16+,33-24+/t29-,31-,32-,34-,35+,36+,37-,38+,40-,41+,42+,43-,45-,46+,50-/m1/s1. The molecule has 15 atom stereocenters. The quantitative estimate of drug-likeness (QED) is 0.159. The lowest BCUT2D eigenvalue weighted by atomic mass is 9.80. The summed E-state index contributed by atoms with van der Waals surface area (Å²) in [5, 5.41) is 34.0. The molecule has 15 heteroatoms. The Morgan fingerprint density at radius 1 is 0.831 bits per heavy atom. The van der Waals surface area contributed by atoms with E-state index in [9.17, 15) is 39.3 Å². The lowest BCUT2D eigenvalue weighted by molar-refractivity contribution is -0.265. The zero-order valence-corrected chi connectivity index (χ0v) is 40.2. The van der Waals surface area contributed by atoms with Gasteiger partial charge in [-0.2, -0.15) is 0 Å². The molecule has 15 nitrogen and oxygen atoms in total. The van der Waals surface area contributed by atoms with Crippen molar-refractivity contribution in [3.63, 3.8) is 0 Å². The molecule has 65 heavy (non-hydrogen) atoms. The first-order valence-corrected chi connectivity index (χ1v) is 23.7. The molecule has 3 aliphatic heterocycles. The Bertz CT molecular complexity index is 1760. The number of carbonyl (C=O) groups excluding carboxylic acids is 5. The molecular weight excluding hydrogens is 837 g/mol. The monoisotopic (exact) mass is 915 g/mol. The van der Waals surface area contributed by atoms with Gasteiger partial charge in [0.05, 0.1) is 24.4 Å². The number of nitrogens with two attached hydrogens (primary N) is 1. The van der Waals surface area contributed by atoms with Crippen LogP contribution < -0.4 is 5.73 Å². The van der Waals surface area contributed by atoms with E-state index in [1.165, 1.54) is 13.0 Å². The average Bonchev–Trinajstić information content (AvgIpc) is 3.29. The summed E-state index contributed by atoms with van der Waals surface area (Å²) in [6.45, 7) is 10.4. The van der Waals surface area contributed by atoms with Gasteiger partial charge in [0.2, 0.25) is 5.79 Å². The first-order valence-electron chi connectivity index (χ1n) is 23.7. The first-order chi connectivity index (χ1) is 30.7. The number of cyclic esters (lactones) is 1. The molecule has 4 rings (SSSR count). The molecule has 2 saturated heterocycles. The highest BCUT2D eigenvalue weighted by molar-refractivity contribution is 6.39. The number of aliphatic hydroxyl groups excluding tert-OH is 2. The van der Waals surface area contributed by atoms with Gasteiger partial charge in [0.1, 0.15) is 30.1 Å². The van der Waals surface area contributed by atoms with Gasteiger partial charge in [-0.05, 0) is 101 Å². The summed E-state index contributed by atoms with van der Waals surface area (Å²) in [5.74, 6) is -8.50. The molecule has 1 saturated carbocycles. The highest BCUT2D eigenvalue weighted by Gasteiger charge is 2.53. The molecule has 3 fully saturated rings. The van der Waals surface area contributed by atoms with Gasteiger partial charge in [-0.3, -0.25) is 19.2 Å². The molecule has 0 unspecified atom stereocenters. The number of fused-ring (bicyclic) bond motifs is 3. The molecule has 0 radical (unpaired) electrons. The number of hydrogen-bond donors (Lipinski definition) is 4. The molecule has 0 aromatic heterocycles. The number of allylic oxidation sites excluding steroid dienone is 6. The molecular formula is C50H78N2O13. The number of amides is 1. The van der Waals surface area contributed by atoms with Gasteiger partial charge in [-0.25, -0.2) is 4.79 Å². The number of rotatable bonds is 6. The number of nitrogens with zero attached hydrogens (tertiary/aromatic N) is 1. The summed E-state index contributed by atoms with van der Waals surface area (Å²) in [6, 6.07) is -2.01. The summed E-state index contributed by atoms with van der Waals surface area (Å²) < 4.78 is 29.4. The second kappa shape index (κ2) is 25.1. The largest absolute Gasteiger partial charge is 0.459 e. The Balaban J connectivity index is 1.69. The minimum absolute atomic E-state index is 0.0415. The third-order valence-corrected chi connectivity index (χ3v) is 14.3. The Kier molecular flexibility index (Phi) is 20.9. The number of esters is 1. The van der Waals surface area contributed by atoms with Crippen LogP contribution in [-0.4, -0.2) is 138 Å². The van der Waals surface area contributed by atoms with Crippen LogP contribution in [0.1, 0.15) is 119 Å². The number of carbonyl (C=O) groups is 5. The maximum Gasteiger partial charge on any atom is 0.329 e. The second-order valence-corrected chi connectivity index (χ2v) is 19.3. The third kappa shape index (κ3) is 14.3. The minimum Gasteiger partial charge on any atom is -0.459 e. The summed E-state index contributed by atoms with van der Waals surface area (Å²) in [5.41, 5.74) is 7.95. The molecule has 4 aliphatic rings. The van der Waals surface area contributed by atoms with Crippen molar-refractivity contribution in [2.45, 2.75) is 179 Å². The van der Waals surface area contributed by atoms with Gasteiger partial charge in [0.25, 0.3) is 11.7 Å². The number of methoxy groups -OCH3 is 3. The Labute approximate surface area is 386 Å². The van der Waals surface area contributed by atoms with E-state index in [1.54, 1.807) is 42.1 Å². The number of ketones is 3. The first kappa shape index (κ1) is 54.2. The Morgan fingerprint density at radius 2 is 1.54 bits per heavy atom. The third-order valence-electron chi connectivity index (χ3n) is 14.3. The summed E-state index contributed by atoms with van der Waals surface area (Å²) >= 11 is 0. The molecule has 366 valence electrons. The van der Waals surface area contributed by atoms with Crippen molar-refractivity contribution < 1.29 is 63.0 Å². The molecule has 3 heterocycles.